The Labute approximate surface area is 155 Å². The van der Waals surface area contributed by atoms with Gasteiger partial charge in [0.15, 0.2) is 0 Å². The molecule has 0 unspecified atom stereocenters. The molecular formula is C18H17ClN6O. The third-order valence-corrected chi connectivity index (χ3v) is 4.26. The first-order valence-electron chi connectivity index (χ1n) is 8.03. The van der Waals surface area contributed by atoms with Gasteiger partial charge in [-0.05, 0) is 32.0 Å². The number of carbonyl (C=O) groups is 1. The van der Waals surface area contributed by atoms with E-state index in [0.717, 1.165) is 11.3 Å². The molecular weight excluding hydrogens is 352 g/mol. The van der Waals surface area contributed by atoms with Crippen molar-refractivity contribution >= 4 is 17.5 Å². The van der Waals surface area contributed by atoms with Gasteiger partial charge in [0.05, 0.1) is 28.5 Å². The molecule has 3 rings (SSSR count). The molecule has 1 aromatic carbocycles. The van der Waals surface area contributed by atoms with E-state index in [1.54, 1.807) is 23.7 Å². The van der Waals surface area contributed by atoms with Crippen LogP contribution in [0, 0.1) is 18.3 Å². The molecule has 2 aromatic heterocycles. The lowest BCUT2D eigenvalue weighted by Gasteiger charge is -2.13. The van der Waals surface area contributed by atoms with Crippen LogP contribution in [0.1, 0.15) is 34.8 Å². The van der Waals surface area contributed by atoms with Crippen molar-refractivity contribution < 1.29 is 4.79 Å². The van der Waals surface area contributed by atoms with Crippen molar-refractivity contribution in [2.75, 3.05) is 6.54 Å². The number of aromatic amines is 1. The Balaban J connectivity index is 1.66. The largest absolute Gasteiger partial charge is 0.349 e. The Morgan fingerprint density at radius 2 is 2.27 bits per heavy atom. The molecule has 0 fully saturated rings. The quantitative estimate of drug-likeness (QED) is 0.722. The molecule has 132 valence electrons. The summed E-state index contributed by atoms with van der Waals surface area (Å²) in [5.41, 5.74) is 2.44. The number of nitriles is 1. The van der Waals surface area contributed by atoms with Crippen LogP contribution < -0.4 is 5.32 Å². The van der Waals surface area contributed by atoms with Gasteiger partial charge >= 0.3 is 0 Å². The number of rotatable bonds is 5. The second-order valence-electron chi connectivity index (χ2n) is 5.93. The van der Waals surface area contributed by atoms with E-state index in [-0.39, 0.29) is 11.9 Å². The first-order valence-corrected chi connectivity index (χ1v) is 8.40. The Kier molecular flexibility index (Phi) is 5.05. The molecule has 2 N–H and O–H groups in total. The van der Waals surface area contributed by atoms with Crippen LogP contribution in [0.3, 0.4) is 0 Å². The highest BCUT2D eigenvalue weighted by molar-refractivity contribution is 6.32. The zero-order valence-electron chi connectivity index (χ0n) is 14.3. The fourth-order valence-electron chi connectivity index (χ4n) is 2.47. The fourth-order valence-corrected chi connectivity index (χ4v) is 2.69. The highest BCUT2D eigenvalue weighted by Gasteiger charge is 2.13. The van der Waals surface area contributed by atoms with Crippen LogP contribution in [-0.4, -0.2) is 32.2 Å². The van der Waals surface area contributed by atoms with E-state index in [9.17, 15) is 4.79 Å². The van der Waals surface area contributed by atoms with Crippen molar-refractivity contribution in [3.8, 4) is 17.3 Å². The van der Waals surface area contributed by atoms with Crippen LogP contribution in [-0.2, 0) is 0 Å². The first kappa shape index (κ1) is 17.7. The lowest BCUT2D eigenvalue weighted by atomic mass is 10.1. The van der Waals surface area contributed by atoms with Gasteiger partial charge in [-0.15, -0.1) is 0 Å². The molecule has 0 bridgehead atoms. The summed E-state index contributed by atoms with van der Waals surface area (Å²) in [7, 11) is 0. The van der Waals surface area contributed by atoms with Crippen molar-refractivity contribution in [2.24, 2.45) is 0 Å². The lowest BCUT2D eigenvalue weighted by molar-refractivity contribution is 0.0943. The summed E-state index contributed by atoms with van der Waals surface area (Å²) in [6, 6.07) is 9.07. The number of amides is 1. The number of halogens is 1. The molecule has 8 heteroatoms. The number of H-pyrrole nitrogens is 1. The van der Waals surface area contributed by atoms with Crippen LogP contribution in [0.2, 0.25) is 5.02 Å². The number of nitrogens with one attached hydrogen (secondary N) is 2. The topological polar surface area (TPSA) is 99.4 Å². The standard InChI is InChI=1S/C18H17ClN6O/c1-11(9-22-18(26)17-10-21-12(2)23-17)25-6-5-16(24-25)13-3-4-14(8-20)15(19)7-13/h3-7,10-11H,9H2,1-2H3,(H,21,23)(H,22,26)/t11-/m1/s1. The van der Waals surface area contributed by atoms with E-state index >= 15 is 0 Å². The van der Waals surface area contributed by atoms with Crippen LogP contribution in [0.25, 0.3) is 11.3 Å². The van der Waals surface area contributed by atoms with E-state index in [0.29, 0.717) is 28.6 Å². The number of benzene rings is 1. The third kappa shape index (κ3) is 3.76. The van der Waals surface area contributed by atoms with Gasteiger partial charge in [0.25, 0.3) is 5.91 Å². The zero-order valence-corrected chi connectivity index (χ0v) is 15.1. The van der Waals surface area contributed by atoms with Gasteiger partial charge in [0, 0.05) is 18.3 Å². The maximum Gasteiger partial charge on any atom is 0.269 e. The number of imidazole rings is 1. The van der Waals surface area contributed by atoms with Crippen LogP contribution in [0.15, 0.2) is 36.7 Å². The zero-order chi connectivity index (χ0) is 18.7. The van der Waals surface area contributed by atoms with E-state index in [1.165, 1.54) is 6.20 Å². The Morgan fingerprint density at radius 1 is 1.46 bits per heavy atom. The molecule has 0 aliphatic rings. The van der Waals surface area contributed by atoms with Crippen molar-refractivity contribution in [1.29, 1.82) is 5.26 Å². The minimum absolute atomic E-state index is 0.0365. The molecule has 1 amide bonds. The smallest absolute Gasteiger partial charge is 0.269 e. The van der Waals surface area contributed by atoms with E-state index < -0.39 is 0 Å². The van der Waals surface area contributed by atoms with Crippen LogP contribution in [0.5, 0.6) is 0 Å². The maximum absolute atomic E-state index is 12.1. The lowest BCUT2D eigenvalue weighted by Crippen LogP contribution is -2.30. The van der Waals surface area contributed by atoms with Gasteiger partial charge in [-0.2, -0.15) is 10.4 Å². The molecule has 0 aliphatic heterocycles. The summed E-state index contributed by atoms with van der Waals surface area (Å²) >= 11 is 6.08. The molecule has 0 spiro atoms. The summed E-state index contributed by atoms with van der Waals surface area (Å²) in [5, 5.41) is 16.7. The summed E-state index contributed by atoms with van der Waals surface area (Å²) in [6.07, 6.45) is 3.36. The normalized spacial score (nSPS) is 11.8. The molecule has 0 saturated carbocycles. The van der Waals surface area contributed by atoms with Crippen molar-refractivity contribution in [3.05, 3.63) is 58.8 Å². The number of aryl methyl sites for hydroxylation is 1. The van der Waals surface area contributed by atoms with Gasteiger partial charge in [-0.25, -0.2) is 4.98 Å². The molecule has 0 radical (unpaired) electrons. The minimum atomic E-state index is -0.205. The number of hydrogen-bond donors (Lipinski definition) is 2. The molecule has 1 atom stereocenters. The Morgan fingerprint density at radius 3 is 2.92 bits per heavy atom. The summed E-state index contributed by atoms with van der Waals surface area (Å²) in [6.45, 7) is 4.17. The van der Waals surface area contributed by atoms with Crippen LogP contribution >= 0.6 is 11.6 Å². The SMILES string of the molecule is Cc1ncc(C(=O)NC[C@@H](C)n2ccc(-c3ccc(C#N)c(Cl)c3)n2)[nH]1. The number of carbonyl (C=O) groups excluding carboxylic acids is 1. The summed E-state index contributed by atoms with van der Waals surface area (Å²) < 4.78 is 1.78. The van der Waals surface area contributed by atoms with E-state index in [4.69, 9.17) is 16.9 Å². The van der Waals surface area contributed by atoms with Crippen molar-refractivity contribution in [1.82, 2.24) is 25.1 Å². The highest BCUT2D eigenvalue weighted by atomic mass is 35.5. The van der Waals surface area contributed by atoms with Gasteiger partial charge in [-0.1, -0.05) is 17.7 Å². The summed E-state index contributed by atoms with van der Waals surface area (Å²) in [5.74, 6) is 0.490. The molecule has 2 heterocycles. The average Bonchev–Trinajstić information content (AvgIpc) is 3.28. The highest BCUT2D eigenvalue weighted by Crippen LogP contribution is 2.24. The molecule has 7 nitrogen and oxygen atoms in total. The molecule has 0 aliphatic carbocycles. The monoisotopic (exact) mass is 368 g/mol. The van der Waals surface area contributed by atoms with Gasteiger partial charge < -0.3 is 10.3 Å². The van der Waals surface area contributed by atoms with Gasteiger partial charge in [0.2, 0.25) is 0 Å². The molecule has 0 saturated heterocycles. The molecule has 3 aromatic rings. The van der Waals surface area contributed by atoms with E-state index in [2.05, 4.69) is 20.4 Å². The predicted molar refractivity (Wildman–Crippen MR) is 97.8 cm³/mol. The van der Waals surface area contributed by atoms with Crippen molar-refractivity contribution in [3.63, 3.8) is 0 Å². The number of hydrogen-bond acceptors (Lipinski definition) is 4. The van der Waals surface area contributed by atoms with Crippen molar-refractivity contribution in [2.45, 2.75) is 19.9 Å². The minimum Gasteiger partial charge on any atom is -0.349 e. The van der Waals surface area contributed by atoms with Gasteiger partial charge in [-0.3, -0.25) is 9.48 Å². The Hall–Kier alpha value is -3.11. The number of nitrogens with zero attached hydrogens (tertiary/aromatic N) is 4. The fraction of sp³-hybridized carbons (Fsp3) is 0.222. The first-order chi connectivity index (χ1) is 12.5. The van der Waals surface area contributed by atoms with Crippen LogP contribution in [0.4, 0.5) is 0 Å². The van der Waals surface area contributed by atoms with Gasteiger partial charge in [0.1, 0.15) is 17.6 Å². The summed E-state index contributed by atoms with van der Waals surface area (Å²) in [4.78, 5) is 19.0. The Bertz CT molecular complexity index is 984. The second-order valence-corrected chi connectivity index (χ2v) is 6.34. The second kappa shape index (κ2) is 7.42. The predicted octanol–water partition coefficient (Wildman–Crippen LogP) is 3.10. The molecule has 26 heavy (non-hydrogen) atoms. The maximum atomic E-state index is 12.1. The number of aromatic nitrogens is 4. The average molecular weight is 369 g/mol. The third-order valence-electron chi connectivity index (χ3n) is 3.95. The van der Waals surface area contributed by atoms with E-state index in [1.807, 2.05) is 31.3 Å².